The second-order valence-corrected chi connectivity index (χ2v) is 5.88. The third kappa shape index (κ3) is 2.27. The van der Waals surface area contributed by atoms with Gasteiger partial charge in [-0.1, -0.05) is 6.92 Å². The lowest BCUT2D eigenvalue weighted by molar-refractivity contribution is 0.122. The van der Waals surface area contributed by atoms with Gasteiger partial charge in [0.15, 0.2) is 11.5 Å². The minimum atomic E-state index is 0.582. The predicted molar refractivity (Wildman–Crippen MR) is 92.0 cm³/mol. The van der Waals surface area contributed by atoms with Gasteiger partial charge < -0.3 is 14.4 Å². The standard InChI is InChI=1S/C17H21N5O2/c1-4-13-18-11(2)15-17(21-7-9-24-10-8-21)19-12-5-6-14(23-3)20-16(12)22(13)15/h5-6H,4,7-10H2,1-3H3. The first-order valence-corrected chi connectivity index (χ1v) is 8.28. The molecule has 1 fully saturated rings. The van der Waals surface area contributed by atoms with E-state index in [1.165, 1.54) is 0 Å². The number of ether oxygens (including phenoxy) is 2. The molecule has 4 heterocycles. The van der Waals surface area contributed by atoms with E-state index >= 15 is 0 Å². The molecule has 24 heavy (non-hydrogen) atoms. The van der Waals surface area contributed by atoms with Crippen LogP contribution in [0.2, 0.25) is 0 Å². The highest BCUT2D eigenvalue weighted by atomic mass is 16.5. The Morgan fingerprint density at radius 1 is 1.17 bits per heavy atom. The van der Waals surface area contributed by atoms with Gasteiger partial charge in [0.25, 0.3) is 0 Å². The third-order valence-electron chi connectivity index (χ3n) is 4.44. The summed E-state index contributed by atoms with van der Waals surface area (Å²) in [6, 6.07) is 3.80. The van der Waals surface area contributed by atoms with Gasteiger partial charge in [-0.15, -0.1) is 0 Å². The van der Waals surface area contributed by atoms with Crippen LogP contribution in [0, 0.1) is 6.92 Å². The van der Waals surface area contributed by atoms with Gasteiger partial charge in [-0.3, -0.25) is 4.40 Å². The lowest BCUT2D eigenvalue weighted by Gasteiger charge is -2.28. The maximum absolute atomic E-state index is 5.49. The van der Waals surface area contributed by atoms with E-state index in [1.807, 2.05) is 19.1 Å². The smallest absolute Gasteiger partial charge is 0.215 e. The average molecular weight is 327 g/mol. The number of imidazole rings is 1. The zero-order chi connectivity index (χ0) is 16.7. The molecule has 3 aromatic heterocycles. The van der Waals surface area contributed by atoms with Crippen LogP contribution in [-0.4, -0.2) is 52.8 Å². The molecule has 0 aliphatic carbocycles. The summed E-state index contributed by atoms with van der Waals surface area (Å²) in [5, 5.41) is 0. The van der Waals surface area contributed by atoms with Gasteiger partial charge >= 0.3 is 0 Å². The highest BCUT2D eigenvalue weighted by molar-refractivity contribution is 5.84. The van der Waals surface area contributed by atoms with Crippen LogP contribution in [0.15, 0.2) is 12.1 Å². The first-order chi connectivity index (χ1) is 11.7. The van der Waals surface area contributed by atoms with Crippen molar-refractivity contribution in [1.82, 2.24) is 19.4 Å². The van der Waals surface area contributed by atoms with Gasteiger partial charge in [0.2, 0.25) is 5.88 Å². The van der Waals surface area contributed by atoms with E-state index in [-0.39, 0.29) is 0 Å². The lowest BCUT2D eigenvalue weighted by Crippen LogP contribution is -2.37. The van der Waals surface area contributed by atoms with Crippen molar-refractivity contribution in [3.05, 3.63) is 23.7 Å². The molecule has 7 heteroatoms. The van der Waals surface area contributed by atoms with E-state index in [1.54, 1.807) is 7.11 Å². The van der Waals surface area contributed by atoms with Crippen molar-refractivity contribution < 1.29 is 9.47 Å². The largest absolute Gasteiger partial charge is 0.481 e. The number of aromatic nitrogens is 4. The number of anilines is 1. The Labute approximate surface area is 140 Å². The molecule has 126 valence electrons. The molecule has 0 amide bonds. The molecule has 4 rings (SSSR count). The van der Waals surface area contributed by atoms with Crippen molar-refractivity contribution in [1.29, 1.82) is 0 Å². The van der Waals surface area contributed by atoms with Crippen LogP contribution in [0.3, 0.4) is 0 Å². The normalized spacial score (nSPS) is 15.4. The minimum absolute atomic E-state index is 0.582. The molecule has 0 radical (unpaired) electrons. The van der Waals surface area contributed by atoms with Gasteiger partial charge in [0, 0.05) is 25.6 Å². The zero-order valence-electron chi connectivity index (χ0n) is 14.2. The SMILES string of the molecule is CCc1nc(C)c2c(N3CCOCC3)nc3ccc(OC)nc3n12. The van der Waals surface area contributed by atoms with Gasteiger partial charge in [-0.2, -0.15) is 4.98 Å². The number of hydrogen-bond donors (Lipinski definition) is 0. The molecule has 1 aliphatic heterocycles. The summed E-state index contributed by atoms with van der Waals surface area (Å²) >= 11 is 0. The maximum Gasteiger partial charge on any atom is 0.215 e. The number of rotatable bonds is 3. The minimum Gasteiger partial charge on any atom is -0.481 e. The van der Waals surface area contributed by atoms with Gasteiger partial charge in [-0.05, 0) is 13.0 Å². The quantitative estimate of drug-likeness (QED) is 0.733. The van der Waals surface area contributed by atoms with Crippen molar-refractivity contribution in [2.75, 3.05) is 38.3 Å². The summed E-state index contributed by atoms with van der Waals surface area (Å²) in [5.41, 5.74) is 3.64. The van der Waals surface area contributed by atoms with Crippen LogP contribution in [0.1, 0.15) is 18.4 Å². The van der Waals surface area contributed by atoms with E-state index in [9.17, 15) is 0 Å². The Balaban J connectivity index is 2.06. The third-order valence-corrected chi connectivity index (χ3v) is 4.44. The van der Waals surface area contributed by atoms with Crippen LogP contribution in [-0.2, 0) is 11.2 Å². The first kappa shape index (κ1) is 15.1. The molecule has 0 atom stereocenters. The average Bonchev–Trinajstić information content (AvgIpc) is 2.98. The van der Waals surface area contributed by atoms with E-state index in [0.29, 0.717) is 5.88 Å². The van der Waals surface area contributed by atoms with Gasteiger partial charge in [0.05, 0.1) is 26.0 Å². The van der Waals surface area contributed by atoms with Crippen LogP contribution < -0.4 is 9.64 Å². The molecule has 0 spiro atoms. The fourth-order valence-electron chi connectivity index (χ4n) is 3.27. The fourth-order valence-corrected chi connectivity index (χ4v) is 3.27. The monoisotopic (exact) mass is 327 g/mol. The van der Waals surface area contributed by atoms with Crippen molar-refractivity contribution in [2.45, 2.75) is 20.3 Å². The van der Waals surface area contributed by atoms with E-state index < -0.39 is 0 Å². The van der Waals surface area contributed by atoms with Gasteiger partial charge in [-0.25, -0.2) is 9.97 Å². The number of fused-ring (bicyclic) bond motifs is 3. The second-order valence-electron chi connectivity index (χ2n) is 5.88. The number of aryl methyl sites for hydroxylation is 2. The summed E-state index contributed by atoms with van der Waals surface area (Å²) in [6.45, 7) is 7.26. The number of pyridine rings is 1. The van der Waals surface area contributed by atoms with Crippen LogP contribution >= 0.6 is 0 Å². The summed E-state index contributed by atoms with van der Waals surface area (Å²) in [6.07, 6.45) is 0.829. The highest BCUT2D eigenvalue weighted by Gasteiger charge is 2.22. The molecule has 0 aromatic carbocycles. The van der Waals surface area contributed by atoms with E-state index in [0.717, 1.165) is 66.7 Å². The van der Waals surface area contributed by atoms with Gasteiger partial charge in [0.1, 0.15) is 16.9 Å². The van der Waals surface area contributed by atoms with Crippen LogP contribution in [0.4, 0.5) is 5.82 Å². The van der Waals surface area contributed by atoms with Crippen molar-refractivity contribution >= 4 is 22.5 Å². The summed E-state index contributed by atoms with van der Waals surface area (Å²) < 4.78 is 12.9. The molecule has 0 bridgehead atoms. The molecule has 7 nitrogen and oxygen atoms in total. The van der Waals surface area contributed by atoms with Crippen molar-refractivity contribution in [2.24, 2.45) is 0 Å². The lowest BCUT2D eigenvalue weighted by atomic mass is 10.3. The Hall–Kier alpha value is -2.41. The van der Waals surface area contributed by atoms with Crippen LogP contribution in [0.25, 0.3) is 16.7 Å². The summed E-state index contributed by atoms with van der Waals surface area (Å²) in [5.74, 6) is 2.53. The number of morpholine rings is 1. The van der Waals surface area contributed by atoms with E-state index in [2.05, 4.69) is 21.2 Å². The fraction of sp³-hybridized carbons (Fsp3) is 0.471. The van der Waals surface area contributed by atoms with Crippen molar-refractivity contribution in [3.8, 4) is 5.88 Å². The number of nitrogens with zero attached hydrogens (tertiary/aromatic N) is 5. The molecule has 3 aromatic rings. The second kappa shape index (κ2) is 5.90. The Kier molecular flexibility index (Phi) is 3.72. The Morgan fingerprint density at radius 3 is 2.67 bits per heavy atom. The number of methoxy groups -OCH3 is 1. The van der Waals surface area contributed by atoms with E-state index in [4.69, 9.17) is 19.4 Å². The summed E-state index contributed by atoms with van der Waals surface area (Å²) in [4.78, 5) is 16.6. The molecule has 1 aliphatic rings. The molecular weight excluding hydrogens is 306 g/mol. The topological polar surface area (TPSA) is 64.8 Å². The van der Waals surface area contributed by atoms with Crippen LogP contribution in [0.5, 0.6) is 5.88 Å². The zero-order valence-corrected chi connectivity index (χ0v) is 14.2. The molecule has 0 N–H and O–H groups in total. The molecular formula is C17H21N5O2. The predicted octanol–water partition coefficient (Wildman–Crippen LogP) is 1.99. The highest BCUT2D eigenvalue weighted by Crippen LogP contribution is 2.29. The molecule has 1 saturated heterocycles. The maximum atomic E-state index is 5.49. The first-order valence-electron chi connectivity index (χ1n) is 8.28. The summed E-state index contributed by atoms with van der Waals surface area (Å²) in [7, 11) is 1.63. The molecule has 0 saturated carbocycles. The number of hydrogen-bond acceptors (Lipinski definition) is 6. The Morgan fingerprint density at radius 2 is 1.96 bits per heavy atom. The van der Waals surface area contributed by atoms with Crippen molar-refractivity contribution in [3.63, 3.8) is 0 Å². The molecule has 0 unspecified atom stereocenters. The Bertz CT molecular complexity index is 899.